The number of rotatable bonds is 2. The fraction of sp³-hybridized carbons (Fsp3) is 0.0714. The molecule has 0 fully saturated rings. The van der Waals surface area contributed by atoms with E-state index in [0.717, 1.165) is 11.0 Å². The highest BCUT2D eigenvalue weighted by Gasteiger charge is 2.07. The van der Waals surface area contributed by atoms with Gasteiger partial charge in [0.05, 0.1) is 23.4 Å². The van der Waals surface area contributed by atoms with E-state index in [1.165, 1.54) is 10.8 Å². The molecule has 0 aliphatic rings. The van der Waals surface area contributed by atoms with Crippen LogP contribution in [-0.2, 0) is 0 Å². The summed E-state index contributed by atoms with van der Waals surface area (Å²) in [7, 11) is 0. The maximum Gasteiger partial charge on any atom is 0.0730 e. The maximum atomic E-state index is 5.56. The highest BCUT2D eigenvalue weighted by atomic mass is 15.0. The molecular weight excluding hydrogens is 224 g/mol. The summed E-state index contributed by atoms with van der Waals surface area (Å²) in [6, 6.07) is 10.2. The summed E-state index contributed by atoms with van der Waals surface area (Å²) in [6.45, 7) is 0. The van der Waals surface area contributed by atoms with Gasteiger partial charge in [0.2, 0.25) is 0 Å². The van der Waals surface area contributed by atoms with E-state index in [9.17, 15) is 0 Å². The predicted octanol–water partition coefficient (Wildman–Crippen LogP) is 1.90. The fourth-order valence-electron chi connectivity index (χ4n) is 2.19. The number of benzene rings is 1. The smallest absolute Gasteiger partial charge is 0.0730 e. The van der Waals surface area contributed by atoms with Crippen LogP contribution in [0.1, 0.15) is 0 Å². The molecule has 4 heteroatoms. The van der Waals surface area contributed by atoms with Crippen molar-refractivity contribution in [3.8, 4) is 0 Å². The van der Waals surface area contributed by atoms with Gasteiger partial charge in [-0.05, 0) is 18.2 Å². The van der Waals surface area contributed by atoms with Crippen molar-refractivity contribution in [3.05, 3.63) is 48.8 Å². The molecule has 0 radical (unpaired) electrons. The molecule has 0 saturated carbocycles. The van der Waals surface area contributed by atoms with E-state index in [-0.39, 0.29) is 0 Å². The summed E-state index contributed by atoms with van der Waals surface area (Å²) in [5.41, 5.74) is 13.3. The third-order valence-electron chi connectivity index (χ3n) is 2.97. The molecule has 0 atom stereocenters. The highest BCUT2D eigenvalue weighted by Crippen LogP contribution is 2.28. The standard InChI is InChI=1S/C14H14N4/c15-14(16)6-8-18-12-4-2-1-3-10(12)11-5-7-17-9-13(11)18/h1-9,14H,15-16H2/b8-6+. The second-order valence-corrected chi connectivity index (χ2v) is 4.20. The molecule has 2 aromatic heterocycles. The molecule has 0 saturated heterocycles. The van der Waals surface area contributed by atoms with Gasteiger partial charge in [0.1, 0.15) is 0 Å². The summed E-state index contributed by atoms with van der Waals surface area (Å²) >= 11 is 0. The molecular formula is C14H14N4. The van der Waals surface area contributed by atoms with Crippen molar-refractivity contribution in [2.24, 2.45) is 11.5 Å². The molecule has 1 aromatic carbocycles. The molecule has 90 valence electrons. The van der Waals surface area contributed by atoms with Gasteiger partial charge < -0.3 is 16.0 Å². The first-order chi connectivity index (χ1) is 8.77. The van der Waals surface area contributed by atoms with E-state index in [4.69, 9.17) is 11.5 Å². The van der Waals surface area contributed by atoms with Gasteiger partial charge in [-0.15, -0.1) is 0 Å². The van der Waals surface area contributed by atoms with Crippen LogP contribution in [0.5, 0.6) is 0 Å². The van der Waals surface area contributed by atoms with E-state index in [1.54, 1.807) is 12.3 Å². The van der Waals surface area contributed by atoms with Crippen LogP contribution in [0.3, 0.4) is 0 Å². The van der Waals surface area contributed by atoms with E-state index in [0.29, 0.717) is 0 Å². The first-order valence-electron chi connectivity index (χ1n) is 5.79. The van der Waals surface area contributed by atoms with Crippen molar-refractivity contribution in [3.63, 3.8) is 0 Å². The number of pyridine rings is 1. The van der Waals surface area contributed by atoms with Gasteiger partial charge in [-0.2, -0.15) is 0 Å². The lowest BCUT2D eigenvalue weighted by Gasteiger charge is -2.01. The van der Waals surface area contributed by atoms with E-state index >= 15 is 0 Å². The van der Waals surface area contributed by atoms with E-state index in [1.807, 2.05) is 30.6 Å². The Balaban J connectivity index is 2.38. The van der Waals surface area contributed by atoms with Crippen molar-refractivity contribution in [1.82, 2.24) is 9.55 Å². The lowest BCUT2D eigenvalue weighted by Crippen LogP contribution is -2.27. The molecule has 4 nitrogen and oxygen atoms in total. The third-order valence-corrected chi connectivity index (χ3v) is 2.97. The normalized spacial score (nSPS) is 12.2. The van der Waals surface area contributed by atoms with Crippen LogP contribution in [0.2, 0.25) is 0 Å². The Morgan fingerprint density at radius 3 is 2.67 bits per heavy atom. The van der Waals surface area contributed by atoms with Crippen LogP contribution in [0.4, 0.5) is 0 Å². The second kappa shape index (κ2) is 4.25. The van der Waals surface area contributed by atoms with Crippen LogP contribution >= 0.6 is 0 Å². The minimum atomic E-state index is -0.460. The van der Waals surface area contributed by atoms with Gasteiger partial charge in [-0.3, -0.25) is 4.98 Å². The van der Waals surface area contributed by atoms with Crippen LogP contribution < -0.4 is 11.5 Å². The summed E-state index contributed by atoms with van der Waals surface area (Å²) in [5, 5.41) is 2.38. The molecule has 18 heavy (non-hydrogen) atoms. The number of hydrogen-bond donors (Lipinski definition) is 2. The zero-order valence-electron chi connectivity index (χ0n) is 9.82. The molecule has 0 spiro atoms. The molecule has 0 bridgehead atoms. The zero-order chi connectivity index (χ0) is 12.5. The number of fused-ring (bicyclic) bond motifs is 3. The average Bonchev–Trinajstić information content (AvgIpc) is 2.71. The molecule has 2 heterocycles. The summed E-state index contributed by atoms with van der Waals surface area (Å²) in [5.74, 6) is 0. The van der Waals surface area contributed by atoms with Gasteiger partial charge in [0, 0.05) is 23.2 Å². The van der Waals surface area contributed by atoms with Gasteiger partial charge >= 0.3 is 0 Å². The predicted molar refractivity (Wildman–Crippen MR) is 74.7 cm³/mol. The molecule has 0 aliphatic heterocycles. The van der Waals surface area contributed by atoms with Crippen molar-refractivity contribution in [2.45, 2.75) is 6.17 Å². The fourth-order valence-corrected chi connectivity index (χ4v) is 2.19. The van der Waals surface area contributed by atoms with Gasteiger partial charge in [-0.25, -0.2) is 0 Å². The van der Waals surface area contributed by atoms with Crippen molar-refractivity contribution < 1.29 is 0 Å². The number of nitrogens with zero attached hydrogens (tertiary/aromatic N) is 2. The highest BCUT2D eigenvalue weighted by molar-refractivity contribution is 6.08. The van der Waals surface area contributed by atoms with E-state index < -0.39 is 6.17 Å². The van der Waals surface area contributed by atoms with E-state index in [2.05, 4.69) is 21.7 Å². The average molecular weight is 238 g/mol. The van der Waals surface area contributed by atoms with Gasteiger partial charge in [-0.1, -0.05) is 18.2 Å². The van der Waals surface area contributed by atoms with Crippen LogP contribution in [0.25, 0.3) is 28.0 Å². The van der Waals surface area contributed by atoms with Crippen molar-refractivity contribution in [1.29, 1.82) is 0 Å². The lowest BCUT2D eigenvalue weighted by molar-refractivity contribution is 0.876. The summed E-state index contributed by atoms with van der Waals surface area (Å²) in [4.78, 5) is 4.18. The van der Waals surface area contributed by atoms with Crippen molar-refractivity contribution in [2.75, 3.05) is 0 Å². The first kappa shape index (κ1) is 11.0. The van der Waals surface area contributed by atoms with Gasteiger partial charge in [0.15, 0.2) is 0 Å². The molecule has 0 amide bonds. The number of para-hydroxylation sites is 1. The topological polar surface area (TPSA) is 69.9 Å². The Labute approximate surface area is 105 Å². The zero-order valence-corrected chi connectivity index (χ0v) is 9.82. The quantitative estimate of drug-likeness (QED) is 0.670. The molecule has 0 unspecified atom stereocenters. The van der Waals surface area contributed by atoms with Crippen LogP contribution in [0.15, 0.2) is 48.8 Å². The molecule has 3 rings (SSSR count). The van der Waals surface area contributed by atoms with Crippen LogP contribution in [-0.4, -0.2) is 15.7 Å². The monoisotopic (exact) mass is 238 g/mol. The number of aromatic nitrogens is 2. The Hall–Kier alpha value is -2.17. The molecule has 0 aliphatic carbocycles. The van der Waals surface area contributed by atoms with Crippen LogP contribution in [0, 0.1) is 0 Å². The Morgan fingerprint density at radius 2 is 1.83 bits per heavy atom. The minimum absolute atomic E-state index is 0.460. The SMILES string of the molecule is NC(N)/C=C/n1c2ccccc2c2ccncc21. The Bertz CT molecular complexity index is 672. The maximum absolute atomic E-state index is 5.56. The Morgan fingerprint density at radius 1 is 1.06 bits per heavy atom. The number of nitrogens with two attached hydrogens (primary N) is 2. The van der Waals surface area contributed by atoms with Gasteiger partial charge in [0.25, 0.3) is 0 Å². The number of hydrogen-bond acceptors (Lipinski definition) is 3. The second-order valence-electron chi connectivity index (χ2n) is 4.20. The first-order valence-corrected chi connectivity index (χ1v) is 5.79. The Kier molecular flexibility index (Phi) is 2.59. The van der Waals surface area contributed by atoms with Crippen molar-refractivity contribution >= 4 is 28.0 Å². The lowest BCUT2D eigenvalue weighted by atomic mass is 10.2. The largest absolute Gasteiger partial charge is 0.315 e. The summed E-state index contributed by atoms with van der Waals surface area (Å²) in [6.07, 6.45) is 6.85. The molecule has 4 N–H and O–H groups in total. The molecule has 3 aromatic rings. The summed E-state index contributed by atoms with van der Waals surface area (Å²) < 4.78 is 2.06. The minimum Gasteiger partial charge on any atom is -0.315 e. The third kappa shape index (κ3) is 1.68.